The van der Waals surface area contributed by atoms with Crippen molar-refractivity contribution >= 4 is 11.9 Å². The van der Waals surface area contributed by atoms with Crippen LogP contribution in [0.25, 0.3) is 5.69 Å². The summed E-state index contributed by atoms with van der Waals surface area (Å²) in [7, 11) is 0. The molecule has 1 N–H and O–H groups in total. The molecule has 0 aliphatic heterocycles. The highest BCUT2D eigenvalue weighted by Crippen LogP contribution is 2.18. The number of aromatic carboxylic acids is 1. The molecule has 1 aromatic carbocycles. The molecule has 0 saturated heterocycles. The molecule has 110 valence electrons. The van der Waals surface area contributed by atoms with Gasteiger partial charge in [0.05, 0.1) is 17.2 Å². The Balaban J connectivity index is 2.38. The SMILES string of the molecule is Cc1c(C(=O)O)ccn1-c1cccc(C(=O)OC(C)C)c1. The Hall–Kier alpha value is -2.56. The molecule has 5 heteroatoms. The van der Waals surface area contributed by atoms with E-state index in [0.29, 0.717) is 11.3 Å². The zero-order valence-electron chi connectivity index (χ0n) is 12.2. The van der Waals surface area contributed by atoms with Crippen LogP contribution in [0.1, 0.15) is 40.3 Å². The van der Waals surface area contributed by atoms with E-state index in [1.165, 1.54) is 6.07 Å². The summed E-state index contributed by atoms with van der Waals surface area (Å²) in [5.74, 6) is -1.36. The Labute approximate surface area is 122 Å². The number of hydrogen-bond acceptors (Lipinski definition) is 3. The summed E-state index contributed by atoms with van der Waals surface area (Å²) in [6.07, 6.45) is 1.49. The van der Waals surface area contributed by atoms with Gasteiger partial charge in [0.25, 0.3) is 0 Å². The van der Waals surface area contributed by atoms with Crippen LogP contribution in [-0.4, -0.2) is 27.7 Å². The molecule has 5 nitrogen and oxygen atoms in total. The molecule has 0 aliphatic rings. The van der Waals surface area contributed by atoms with Gasteiger partial charge in [-0.1, -0.05) is 6.07 Å². The third-order valence-electron chi connectivity index (χ3n) is 3.07. The van der Waals surface area contributed by atoms with Gasteiger partial charge >= 0.3 is 11.9 Å². The van der Waals surface area contributed by atoms with Crippen LogP contribution in [-0.2, 0) is 4.74 Å². The third kappa shape index (κ3) is 3.13. The van der Waals surface area contributed by atoms with Gasteiger partial charge in [0, 0.05) is 17.6 Å². The summed E-state index contributed by atoms with van der Waals surface area (Å²) < 4.78 is 6.89. The summed E-state index contributed by atoms with van der Waals surface area (Å²) in [5, 5.41) is 9.08. The van der Waals surface area contributed by atoms with Crippen molar-refractivity contribution in [1.82, 2.24) is 4.57 Å². The van der Waals surface area contributed by atoms with Crippen LogP contribution in [0.3, 0.4) is 0 Å². The van der Waals surface area contributed by atoms with Crippen molar-refractivity contribution in [1.29, 1.82) is 0 Å². The standard InChI is InChI=1S/C16H17NO4/c1-10(2)21-16(20)12-5-4-6-13(9-12)17-8-7-14(11(17)3)15(18)19/h4-10H,1-3H3,(H,18,19). The van der Waals surface area contributed by atoms with Gasteiger partial charge in [-0.25, -0.2) is 9.59 Å². The molecule has 0 aliphatic carbocycles. The number of hydrogen-bond donors (Lipinski definition) is 1. The topological polar surface area (TPSA) is 68.5 Å². The lowest BCUT2D eigenvalue weighted by Gasteiger charge is -2.10. The summed E-state index contributed by atoms with van der Waals surface area (Å²) >= 11 is 0. The van der Waals surface area contributed by atoms with Gasteiger partial charge in [0.15, 0.2) is 0 Å². The van der Waals surface area contributed by atoms with Crippen molar-refractivity contribution in [3.8, 4) is 5.69 Å². The van der Waals surface area contributed by atoms with E-state index in [4.69, 9.17) is 9.84 Å². The molecule has 1 heterocycles. The number of esters is 1. The van der Waals surface area contributed by atoms with E-state index in [1.807, 2.05) is 6.07 Å². The van der Waals surface area contributed by atoms with Gasteiger partial charge in [-0.3, -0.25) is 0 Å². The lowest BCUT2D eigenvalue weighted by Crippen LogP contribution is -2.12. The minimum absolute atomic E-state index is 0.187. The molecule has 21 heavy (non-hydrogen) atoms. The second kappa shape index (κ2) is 5.83. The summed E-state index contributed by atoms with van der Waals surface area (Å²) in [6, 6.07) is 8.45. The van der Waals surface area contributed by atoms with Gasteiger partial charge in [-0.05, 0) is 45.0 Å². The Morgan fingerprint density at radius 3 is 2.52 bits per heavy atom. The fraction of sp³-hybridized carbons (Fsp3) is 0.250. The zero-order valence-corrected chi connectivity index (χ0v) is 12.2. The van der Waals surface area contributed by atoms with Crippen LogP contribution in [0, 0.1) is 6.92 Å². The third-order valence-corrected chi connectivity index (χ3v) is 3.07. The fourth-order valence-corrected chi connectivity index (χ4v) is 2.08. The second-order valence-electron chi connectivity index (χ2n) is 4.99. The van der Waals surface area contributed by atoms with Crippen LogP contribution in [0.15, 0.2) is 36.5 Å². The Morgan fingerprint density at radius 1 is 1.24 bits per heavy atom. The molecular formula is C16H17NO4. The Kier molecular flexibility index (Phi) is 4.12. The first-order chi connectivity index (χ1) is 9.90. The highest BCUT2D eigenvalue weighted by Gasteiger charge is 2.14. The van der Waals surface area contributed by atoms with E-state index < -0.39 is 11.9 Å². The van der Waals surface area contributed by atoms with E-state index in [1.54, 1.807) is 49.7 Å². The molecule has 0 saturated carbocycles. The highest BCUT2D eigenvalue weighted by molar-refractivity contribution is 5.91. The molecule has 0 atom stereocenters. The molecule has 0 fully saturated rings. The van der Waals surface area contributed by atoms with Crippen LogP contribution < -0.4 is 0 Å². The zero-order chi connectivity index (χ0) is 15.6. The van der Waals surface area contributed by atoms with Crippen LogP contribution in [0.5, 0.6) is 0 Å². The molecule has 0 bridgehead atoms. The number of carbonyl (C=O) groups excluding carboxylic acids is 1. The monoisotopic (exact) mass is 287 g/mol. The van der Waals surface area contributed by atoms with Crippen LogP contribution >= 0.6 is 0 Å². The molecule has 1 aromatic heterocycles. The molecule has 0 radical (unpaired) electrons. The molecular weight excluding hydrogens is 270 g/mol. The summed E-state index contributed by atoms with van der Waals surface area (Å²) in [5.41, 5.74) is 2.01. The van der Waals surface area contributed by atoms with Crippen LogP contribution in [0.2, 0.25) is 0 Å². The maximum atomic E-state index is 11.9. The number of benzene rings is 1. The minimum Gasteiger partial charge on any atom is -0.478 e. The Morgan fingerprint density at radius 2 is 1.95 bits per heavy atom. The first-order valence-electron chi connectivity index (χ1n) is 6.63. The molecule has 0 unspecified atom stereocenters. The van der Waals surface area contributed by atoms with E-state index in [0.717, 1.165) is 5.69 Å². The highest BCUT2D eigenvalue weighted by atomic mass is 16.5. The van der Waals surface area contributed by atoms with E-state index >= 15 is 0 Å². The van der Waals surface area contributed by atoms with Crippen molar-refractivity contribution in [2.75, 3.05) is 0 Å². The van der Waals surface area contributed by atoms with Crippen molar-refractivity contribution in [2.45, 2.75) is 26.9 Å². The van der Waals surface area contributed by atoms with Gasteiger partial charge in [-0.15, -0.1) is 0 Å². The van der Waals surface area contributed by atoms with Gasteiger partial charge in [0.1, 0.15) is 0 Å². The average molecular weight is 287 g/mol. The number of carboxylic acids is 1. The number of carboxylic acid groups (broad SMARTS) is 1. The first-order valence-corrected chi connectivity index (χ1v) is 6.63. The van der Waals surface area contributed by atoms with Crippen molar-refractivity contribution in [2.24, 2.45) is 0 Å². The van der Waals surface area contributed by atoms with Gasteiger partial charge < -0.3 is 14.4 Å². The van der Waals surface area contributed by atoms with Crippen molar-refractivity contribution in [3.05, 3.63) is 53.3 Å². The first kappa shape index (κ1) is 14.8. The second-order valence-corrected chi connectivity index (χ2v) is 4.99. The molecule has 2 aromatic rings. The van der Waals surface area contributed by atoms with Crippen molar-refractivity contribution in [3.63, 3.8) is 0 Å². The van der Waals surface area contributed by atoms with E-state index in [9.17, 15) is 9.59 Å². The number of rotatable bonds is 4. The number of ether oxygens (including phenoxy) is 1. The quantitative estimate of drug-likeness (QED) is 0.877. The largest absolute Gasteiger partial charge is 0.478 e. The van der Waals surface area contributed by atoms with E-state index in [2.05, 4.69) is 0 Å². The summed E-state index contributed by atoms with van der Waals surface area (Å²) in [6.45, 7) is 5.30. The maximum absolute atomic E-state index is 11.9. The lowest BCUT2D eigenvalue weighted by molar-refractivity contribution is 0.0377. The van der Waals surface area contributed by atoms with Gasteiger partial charge in [0.2, 0.25) is 0 Å². The molecule has 2 rings (SSSR count). The molecule has 0 spiro atoms. The number of nitrogens with zero attached hydrogens (tertiary/aromatic N) is 1. The van der Waals surface area contributed by atoms with Crippen LogP contribution in [0.4, 0.5) is 0 Å². The van der Waals surface area contributed by atoms with Crippen molar-refractivity contribution < 1.29 is 19.4 Å². The van der Waals surface area contributed by atoms with Gasteiger partial charge in [-0.2, -0.15) is 0 Å². The minimum atomic E-state index is -0.971. The maximum Gasteiger partial charge on any atom is 0.338 e. The normalized spacial score (nSPS) is 10.7. The predicted molar refractivity (Wildman–Crippen MR) is 78.0 cm³/mol. The summed E-state index contributed by atoms with van der Waals surface area (Å²) in [4.78, 5) is 23.0. The Bertz CT molecular complexity index is 685. The number of carbonyl (C=O) groups is 2. The smallest absolute Gasteiger partial charge is 0.338 e. The average Bonchev–Trinajstić information content (AvgIpc) is 2.80. The fourth-order valence-electron chi connectivity index (χ4n) is 2.08. The number of aromatic nitrogens is 1. The predicted octanol–water partition coefficient (Wildman–Crippen LogP) is 3.05. The lowest BCUT2D eigenvalue weighted by atomic mass is 10.2. The molecule has 0 amide bonds. The van der Waals surface area contributed by atoms with E-state index in [-0.39, 0.29) is 11.7 Å².